The Hall–Kier alpha value is -2.40. The standard InChI is InChI=1S/C20H24ClF2N5O7S2/c21-18-16(24-10-15-12-34-7-8-36(15,30)31)11-26-28(19(18)29)13-3-5-27(6-4-13)37(32,33)17-2-1-14(9-25-17)35-20(22)23/h1-2,9,11,13,15,20,24H,3-8,10,12H2/t15-/m1/s1. The number of ether oxygens (including phenoxy) is 2. The van der Waals surface area contributed by atoms with Crippen LogP contribution in [0.4, 0.5) is 14.5 Å². The number of hydrogen-bond donors (Lipinski definition) is 1. The van der Waals surface area contributed by atoms with E-state index in [1.54, 1.807) is 0 Å². The second kappa shape index (κ2) is 11.1. The molecule has 204 valence electrons. The molecule has 2 aliphatic rings. The molecule has 2 aromatic rings. The molecule has 4 heterocycles. The zero-order chi connectivity index (χ0) is 26.8. The van der Waals surface area contributed by atoms with Gasteiger partial charge in [0.1, 0.15) is 16.0 Å². The number of hydrogen-bond acceptors (Lipinski definition) is 10. The number of alkyl halides is 2. The number of rotatable bonds is 8. The van der Waals surface area contributed by atoms with Gasteiger partial charge in [0.25, 0.3) is 15.6 Å². The van der Waals surface area contributed by atoms with Crippen LogP contribution in [-0.4, -0.2) is 86.4 Å². The molecule has 2 aliphatic heterocycles. The number of nitrogens with one attached hydrogen (secondary N) is 1. The molecule has 1 N–H and O–H groups in total. The average Bonchev–Trinajstić information content (AvgIpc) is 2.85. The number of nitrogens with zero attached hydrogens (tertiary/aromatic N) is 4. The van der Waals surface area contributed by atoms with E-state index in [2.05, 4.69) is 20.1 Å². The molecule has 0 bridgehead atoms. The summed E-state index contributed by atoms with van der Waals surface area (Å²) in [4.78, 5) is 16.6. The van der Waals surface area contributed by atoms with Crippen molar-refractivity contribution in [3.8, 4) is 5.75 Å². The van der Waals surface area contributed by atoms with E-state index in [0.717, 1.165) is 18.3 Å². The molecule has 0 amide bonds. The molecule has 0 radical (unpaired) electrons. The largest absolute Gasteiger partial charge is 0.433 e. The number of piperidine rings is 1. The van der Waals surface area contributed by atoms with Crippen molar-refractivity contribution in [2.75, 3.05) is 43.9 Å². The first-order chi connectivity index (χ1) is 17.5. The van der Waals surface area contributed by atoms with E-state index in [9.17, 15) is 30.4 Å². The molecular weight excluding hydrogens is 560 g/mol. The highest BCUT2D eigenvalue weighted by Crippen LogP contribution is 2.27. The highest BCUT2D eigenvalue weighted by molar-refractivity contribution is 7.92. The average molecular weight is 584 g/mol. The van der Waals surface area contributed by atoms with Gasteiger partial charge in [0, 0.05) is 19.6 Å². The third kappa shape index (κ3) is 6.19. The summed E-state index contributed by atoms with van der Waals surface area (Å²) in [5.74, 6) is -0.336. The first kappa shape index (κ1) is 27.6. The van der Waals surface area contributed by atoms with Crippen molar-refractivity contribution in [2.24, 2.45) is 0 Å². The van der Waals surface area contributed by atoms with Crippen molar-refractivity contribution in [1.29, 1.82) is 0 Å². The molecule has 2 saturated heterocycles. The molecule has 12 nitrogen and oxygen atoms in total. The van der Waals surface area contributed by atoms with Gasteiger partial charge in [0.15, 0.2) is 14.9 Å². The van der Waals surface area contributed by atoms with Crippen molar-refractivity contribution in [1.82, 2.24) is 19.1 Å². The van der Waals surface area contributed by atoms with Crippen LogP contribution in [0.2, 0.25) is 5.02 Å². The summed E-state index contributed by atoms with van der Waals surface area (Å²) < 4.78 is 86.4. The van der Waals surface area contributed by atoms with Crippen LogP contribution in [0.25, 0.3) is 0 Å². The molecule has 0 unspecified atom stereocenters. The SMILES string of the molecule is O=c1c(Cl)c(NC[C@@H]2COCCS2(=O)=O)cnn1C1CCN(S(=O)(=O)c2ccc(OC(F)F)cn2)CC1. The second-order valence-corrected chi connectivity index (χ2v) is 13.1. The van der Waals surface area contributed by atoms with E-state index in [1.165, 1.54) is 15.2 Å². The Bertz CT molecular complexity index is 1380. The van der Waals surface area contributed by atoms with E-state index >= 15 is 0 Å². The Morgan fingerprint density at radius 1 is 1.24 bits per heavy atom. The van der Waals surface area contributed by atoms with Gasteiger partial charge in [-0.3, -0.25) is 4.79 Å². The van der Waals surface area contributed by atoms with Crippen LogP contribution in [0.5, 0.6) is 5.75 Å². The van der Waals surface area contributed by atoms with E-state index in [-0.39, 0.29) is 72.9 Å². The third-order valence-electron chi connectivity index (χ3n) is 6.10. The lowest BCUT2D eigenvalue weighted by Gasteiger charge is -2.31. The minimum atomic E-state index is -3.99. The van der Waals surface area contributed by atoms with Gasteiger partial charge in [-0.05, 0) is 25.0 Å². The lowest BCUT2D eigenvalue weighted by molar-refractivity contribution is -0.0501. The molecule has 4 rings (SSSR count). The fraction of sp³-hybridized carbons (Fsp3) is 0.550. The number of pyridine rings is 1. The lowest BCUT2D eigenvalue weighted by atomic mass is 10.1. The summed E-state index contributed by atoms with van der Waals surface area (Å²) in [6, 6.07) is 1.75. The van der Waals surface area contributed by atoms with Gasteiger partial charge in [-0.2, -0.15) is 18.2 Å². The zero-order valence-corrected chi connectivity index (χ0v) is 21.7. The fourth-order valence-electron chi connectivity index (χ4n) is 4.05. The van der Waals surface area contributed by atoms with Crippen molar-refractivity contribution in [3.63, 3.8) is 0 Å². The van der Waals surface area contributed by atoms with Crippen LogP contribution < -0.4 is 15.6 Å². The Labute approximate surface area is 216 Å². The summed E-state index contributed by atoms with van der Waals surface area (Å²) in [5, 5.41) is 5.78. The summed E-state index contributed by atoms with van der Waals surface area (Å²) in [5.41, 5.74) is -0.402. The monoisotopic (exact) mass is 583 g/mol. The van der Waals surface area contributed by atoms with Gasteiger partial charge in [0.2, 0.25) is 0 Å². The van der Waals surface area contributed by atoms with Crippen LogP contribution in [0.1, 0.15) is 18.9 Å². The third-order valence-corrected chi connectivity index (χ3v) is 10.3. The van der Waals surface area contributed by atoms with E-state index in [0.29, 0.717) is 0 Å². The Morgan fingerprint density at radius 3 is 2.59 bits per heavy atom. The van der Waals surface area contributed by atoms with Crippen LogP contribution in [0.3, 0.4) is 0 Å². The Morgan fingerprint density at radius 2 is 1.97 bits per heavy atom. The predicted octanol–water partition coefficient (Wildman–Crippen LogP) is 1.14. The predicted molar refractivity (Wildman–Crippen MR) is 128 cm³/mol. The number of halogens is 3. The van der Waals surface area contributed by atoms with Crippen molar-refractivity contribution >= 4 is 37.1 Å². The quantitative estimate of drug-likeness (QED) is 0.479. The van der Waals surface area contributed by atoms with Crippen molar-refractivity contribution in [3.05, 3.63) is 39.9 Å². The molecule has 0 aliphatic carbocycles. The minimum absolute atomic E-state index is 0.00666. The maximum absolute atomic E-state index is 12.9. The van der Waals surface area contributed by atoms with Gasteiger partial charge in [0.05, 0.1) is 43.1 Å². The van der Waals surface area contributed by atoms with Gasteiger partial charge >= 0.3 is 6.61 Å². The molecule has 1 atom stereocenters. The maximum Gasteiger partial charge on any atom is 0.387 e. The fourth-order valence-corrected chi connectivity index (χ4v) is 6.96. The lowest BCUT2D eigenvalue weighted by Crippen LogP contribution is -2.42. The summed E-state index contributed by atoms with van der Waals surface area (Å²) in [6.07, 6.45) is 2.76. The molecule has 0 spiro atoms. The molecule has 0 aromatic carbocycles. The summed E-state index contributed by atoms with van der Waals surface area (Å²) in [6.45, 7) is -2.73. The first-order valence-electron chi connectivity index (χ1n) is 11.2. The van der Waals surface area contributed by atoms with E-state index < -0.39 is 43.3 Å². The summed E-state index contributed by atoms with van der Waals surface area (Å²) >= 11 is 6.24. The van der Waals surface area contributed by atoms with Crippen molar-refractivity contribution < 1.29 is 35.1 Å². The highest BCUT2D eigenvalue weighted by atomic mass is 35.5. The van der Waals surface area contributed by atoms with Gasteiger partial charge < -0.3 is 14.8 Å². The van der Waals surface area contributed by atoms with Crippen LogP contribution in [-0.2, 0) is 24.6 Å². The number of aromatic nitrogens is 3. The zero-order valence-electron chi connectivity index (χ0n) is 19.3. The molecule has 2 fully saturated rings. The highest BCUT2D eigenvalue weighted by Gasteiger charge is 2.33. The minimum Gasteiger partial charge on any atom is -0.433 e. The Kier molecular flexibility index (Phi) is 8.32. The molecular formula is C20H24ClF2N5O7S2. The maximum atomic E-state index is 12.9. The molecule has 17 heteroatoms. The van der Waals surface area contributed by atoms with Crippen LogP contribution in [0.15, 0.2) is 34.3 Å². The number of anilines is 1. The van der Waals surface area contributed by atoms with Crippen LogP contribution >= 0.6 is 11.6 Å². The molecule has 37 heavy (non-hydrogen) atoms. The van der Waals surface area contributed by atoms with Crippen molar-refractivity contribution in [2.45, 2.75) is 35.8 Å². The normalized spacial score (nSPS) is 21.1. The molecule has 2 aromatic heterocycles. The van der Waals surface area contributed by atoms with Gasteiger partial charge in [-0.25, -0.2) is 26.5 Å². The first-order valence-corrected chi connectivity index (χ1v) is 14.7. The summed E-state index contributed by atoms with van der Waals surface area (Å²) in [7, 11) is -7.30. The van der Waals surface area contributed by atoms with Gasteiger partial charge in [-0.15, -0.1) is 0 Å². The Balaban J connectivity index is 1.39. The smallest absolute Gasteiger partial charge is 0.387 e. The topological polar surface area (TPSA) is 150 Å². The number of sulfonamides is 1. The van der Waals surface area contributed by atoms with E-state index in [4.69, 9.17) is 16.3 Å². The molecule has 0 saturated carbocycles. The second-order valence-electron chi connectivity index (χ2n) is 8.41. The van der Waals surface area contributed by atoms with Gasteiger partial charge in [-0.1, -0.05) is 11.6 Å². The van der Waals surface area contributed by atoms with Crippen LogP contribution in [0, 0.1) is 0 Å². The number of sulfone groups is 1. The van der Waals surface area contributed by atoms with E-state index in [1.807, 2.05) is 0 Å².